The Labute approximate surface area is 121 Å². The van der Waals surface area contributed by atoms with Crippen LogP contribution in [0.2, 0.25) is 0 Å². The van der Waals surface area contributed by atoms with Crippen LogP contribution in [0.15, 0.2) is 35.1 Å². The molecule has 0 radical (unpaired) electrons. The minimum Gasteiger partial charge on any atom is -0.438 e. The lowest BCUT2D eigenvalue weighted by atomic mass is 10.2. The molecule has 4 nitrogen and oxygen atoms in total. The summed E-state index contributed by atoms with van der Waals surface area (Å²) < 4.78 is 6.49. The fourth-order valence-corrected chi connectivity index (χ4v) is 2.05. The van der Waals surface area contributed by atoms with Crippen LogP contribution in [0.5, 0.6) is 11.6 Å². The Morgan fingerprint density at radius 1 is 1.16 bits per heavy atom. The number of aromatic nitrogens is 2. The molecule has 1 N–H and O–H groups in total. The van der Waals surface area contributed by atoms with Gasteiger partial charge < -0.3 is 10.1 Å². The van der Waals surface area contributed by atoms with Crippen LogP contribution < -0.4 is 10.1 Å². The number of hydrogen-bond acceptors (Lipinski definition) is 4. The van der Waals surface area contributed by atoms with Gasteiger partial charge in [-0.3, -0.25) is 0 Å². The average Bonchev–Trinajstić information content (AvgIpc) is 2.44. The van der Waals surface area contributed by atoms with E-state index in [1.54, 1.807) is 0 Å². The van der Waals surface area contributed by atoms with Gasteiger partial charge in [0.05, 0.1) is 0 Å². The zero-order valence-electron chi connectivity index (χ0n) is 11.0. The van der Waals surface area contributed by atoms with E-state index in [4.69, 9.17) is 4.74 Å². The van der Waals surface area contributed by atoms with Gasteiger partial charge in [-0.1, -0.05) is 19.1 Å². The summed E-state index contributed by atoms with van der Waals surface area (Å²) in [6.07, 6.45) is 2.50. The van der Waals surface area contributed by atoms with Crippen LogP contribution in [0.4, 0.5) is 5.82 Å². The number of anilines is 1. The molecule has 0 aliphatic carbocycles. The van der Waals surface area contributed by atoms with Crippen LogP contribution in [0.1, 0.15) is 19.4 Å². The third kappa shape index (κ3) is 3.44. The van der Waals surface area contributed by atoms with Crippen molar-refractivity contribution in [2.75, 3.05) is 11.9 Å². The summed E-state index contributed by atoms with van der Waals surface area (Å²) in [7, 11) is 0. The van der Waals surface area contributed by atoms with Gasteiger partial charge in [-0.05, 0) is 47.0 Å². The molecule has 19 heavy (non-hydrogen) atoms. The Hall–Kier alpha value is -1.62. The van der Waals surface area contributed by atoms with Gasteiger partial charge in [0.25, 0.3) is 0 Å². The Balaban J connectivity index is 2.20. The monoisotopic (exact) mass is 321 g/mol. The topological polar surface area (TPSA) is 47.0 Å². The quantitative estimate of drug-likeness (QED) is 0.903. The molecular formula is C14H16BrN3O. The van der Waals surface area contributed by atoms with E-state index in [9.17, 15) is 0 Å². The second-order valence-electron chi connectivity index (χ2n) is 3.97. The molecule has 100 valence electrons. The van der Waals surface area contributed by atoms with Crippen molar-refractivity contribution in [3.05, 3.63) is 40.6 Å². The third-order valence-electron chi connectivity index (χ3n) is 2.65. The van der Waals surface area contributed by atoms with Crippen molar-refractivity contribution >= 4 is 21.7 Å². The molecule has 0 fully saturated rings. The van der Waals surface area contributed by atoms with E-state index in [2.05, 4.69) is 50.3 Å². The molecule has 0 aliphatic heterocycles. The van der Waals surface area contributed by atoms with Crippen LogP contribution in [-0.2, 0) is 6.42 Å². The minimum atomic E-state index is 0.509. The second-order valence-corrected chi connectivity index (χ2v) is 4.76. The van der Waals surface area contributed by atoms with Gasteiger partial charge >= 0.3 is 0 Å². The molecule has 1 aromatic heterocycles. The normalized spacial score (nSPS) is 10.3. The van der Waals surface area contributed by atoms with Gasteiger partial charge in [0.2, 0.25) is 5.88 Å². The molecule has 0 atom stereocenters. The van der Waals surface area contributed by atoms with E-state index in [0.29, 0.717) is 5.88 Å². The molecule has 0 bridgehead atoms. The van der Waals surface area contributed by atoms with E-state index in [1.165, 1.54) is 11.9 Å². The number of aryl methyl sites for hydroxylation is 1. The number of hydrogen-bond donors (Lipinski definition) is 1. The molecule has 5 heteroatoms. The van der Waals surface area contributed by atoms with Gasteiger partial charge in [0.1, 0.15) is 22.4 Å². The number of nitrogens with zero attached hydrogens (tertiary/aromatic N) is 2. The lowest BCUT2D eigenvalue weighted by Crippen LogP contribution is -2.02. The molecule has 0 spiro atoms. The van der Waals surface area contributed by atoms with E-state index in [1.807, 2.05) is 19.1 Å². The Morgan fingerprint density at radius 3 is 2.53 bits per heavy atom. The highest BCUT2D eigenvalue weighted by Crippen LogP contribution is 2.31. The Bertz CT molecular complexity index is 543. The van der Waals surface area contributed by atoms with E-state index < -0.39 is 0 Å². The van der Waals surface area contributed by atoms with Gasteiger partial charge in [-0.25, -0.2) is 9.97 Å². The SMILES string of the molecule is CCNc1ncnc(Oc2ccc(CC)cc2)c1Br. The van der Waals surface area contributed by atoms with Crippen molar-refractivity contribution < 1.29 is 4.74 Å². The zero-order valence-corrected chi connectivity index (χ0v) is 12.6. The highest BCUT2D eigenvalue weighted by Gasteiger charge is 2.10. The average molecular weight is 322 g/mol. The summed E-state index contributed by atoms with van der Waals surface area (Å²) in [5, 5.41) is 3.14. The van der Waals surface area contributed by atoms with Crippen molar-refractivity contribution in [1.82, 2.24) is 9.97 Å². The fourth-order valence-electron chi connectivity index (χ4n) is 1.62. The predicted molar refractivity (Wildman–Crippen MR) is 79.8 cm³/mol. The summed E-state index contributed by atoms with van der Waals surface area (Å²) in [5.74, 6) is 2.01. The molecule has 0 saturated carbocycles. The maximum absolute atomic E-state index is 5.76. The maximum atomic E-state index is 5.76. The highest BCUT2D eigenvalue weighted by atomic mass is 79.9. The first-order valence-corrected chi connectivity index (χ1v) is 7.05. The standard InChI is InChI=1S/C14H16BrN3O/c1-3-10-5-7-11(8-6-10)19-14-12(15)13(16-4-2)17-9-18-14/h5-9H,3-4H2,1-2H3,(H,16,17,18). The molecule has 0 saturated heterocycles. The van der Waals surface area contributed by atoms with Crippen molar-refractivity contribution in [3.63, 3.8) is 0 Å². The summed E-state index contributed by atoms with van der Waals surface area (Å²) in [4.78, 5) is 8.29. The number of nitrogens with one attached hydrogen (secondary N) is 1. The Morgan fingerprint density at radius 2 is 1.89 bits per heavy atom. The van der Waals surface area contributed by atoms with Crippen LogP contribution >= 0.6 is 15.9 Å². The van der Waals surface area contributed by atoms with Gasteiger partial charge in [-0.2, -0.15) is 0 Å². The molecule has 0 unspecified atom stereocenters. The summed E-state index contributed by atoms with van der Waals surface area (Å²) in [6, 6.07) is 7.99. The molecule has 2 aromatic rings. The molecule has 0 aliphatic rings. The van der Waals surface area contributed by atoms with Crippen molar-refractivity contribution in [2.45, 2.75) is 20.3 Å². The zero-order chi connectivity index (χ0) is 13.7. The fraction of sp³-hybridized carbons (Fsp3) is 0.286. The van der Waals surface area contributed by atoms with E-state index in [-0.39, 0.29) is 0 Å². The lowest BCUT2D eigenvalue weighted by Gasteiger charge is -2.10. The second kappa shape index (κ2) is 6.52. The number of rotatable bonds is 5. The van der Waals surface area contributed by atoms with Crippen molar-refractivity contribution in [1.29, 1.82) is 0 Å². The van der Waals surface area contributed by atoms with Crippen LogP contribution in [0, 0.1) is 0 Å². The van der Waals surface area contributed by atoms with Gasteiger partial charge in [-0.15, -0.1) is 0 Å². The molecule has 2 rings (SSSR count). The number of halogens is 1. The first-order valence-electron chi connectivity index (χ1n) is 6.25. The largest absolute Gasteiger partial charge is 0.438 e. The molecule has 0 amide bonds. The van der Waals surface area contributed by atoms with Crippen molar-refractivity contribution in [2.24, 2.45) is 0 Å². The van der Waals surface area contributed by atoms with Crippen LogP contribution in [-0.4, -0.2) is 16.5 Å². The first-order chi connectivity index (χ1) is 9.24. The summed E-state index contributed by atoms with van der Waals surface area (Å²) in [5.41, 5.74) is 1.28. The number of ether oxygens (including phenoxy) is 1. The summed E-state index contributed by atoms with van der Waals surface area (Å²) in [6.45, 7) is 4.93. The summed E-state index contributed by atoms with van der Waals surface area (Å²) >= 11 is 3.46. The molecule has 1 aromatic carbocycles. The van der Waals surface area contributed by atoms with Crippen LogP contribution in [0.25, 0.3) is 0 Å². The van der Waals surface area contributed by atoms with Gasteiger partial charge in [0, 0.05) is 6.54 Å². The lowest BCUT2D eigenvalue weighted by molar-refractivity contribution is 0.458. The number of benzene rings is 1. The smallest absolute Gasteiger partial charge is 0.238 e. The minimum absolute atomic E-state index is 0.509. The van der Waals surface area contributed by atoms with Gasteiger partial charge in [0.15, 0.2) is 0 Å². The van der Waals surface area contributed by atoms with E-state index >= 15 is 0 Å². The molecule has 1 heterocycles. The highest BCUT2D eigenvalue weighted by molar-refractivity contribution is 9.10. The van der Waals surface area contributed by atoms with E-state index in [0.717, 1.165) is 29.0 Å². The maximum Gasteiger partial charge on any atom is 0.238 e. The molecular weight excluding hydrogens is 306 g/mol. The van der Waals surface area contributed by atoms with Crippen LogP contribution in [0.3, 0.4) is 0 Å². The third-order valence-corrected chi connectivity index (χ3v) is 3.36. The predicted octanol–water partition coefficient (Wildman–Crippen LogP) is 4.03. The first kappa shape index (κ1) is 13.8. The van der Waals surface area contributed by atoms with Crippen molar-refractivity contribution in [3.8, 4) is 11.6 Å². The Kier molecular flexibility index (Phi) is 4.74.